The van der Waals surface area contributed by atoms with E-state index in [0.29, 0.717) is 0 Å². The number of aliphatic hydroxyl groups is 1. The fourth-order valence-electron chi connectivity index (χ4n) is 2.94. The predicted molar refractivity (Wildman–Crippen MR) is 87.2 cm³/mol. The Balaban J connectivity index is 3.16. The van der Waals surface area contributed by atoms with Crippen LogP contribution in [0.4, 0.5) is 0 Å². The van der Waals surface area contributed by atoms with Gasteiger partial charge in [-0.3, -0.25) is 20.2 Å². The molecule has 1 aliphatic rings. The van der Waals surface area contributed by atoms with E-state index in [0.717, 1.165) is 0 Å². The van der Waals surface area contributed by atoms with Crippen LogP contribution in [0.25, 0.3) is 0 Å². The van der Waals surface area contributed by atoms with E-state index in [1.165, 1.54) is 27.7 Å². The molecule has 0 saturated carbocycles. The lowest BCUT2D eigenvalue weighted by Crippen LogP contribution is -2.51. The number of hydrogen-bond donors (Lipinski definition) is 1. The van der Waals surface area contributed by atoms with E-state index in [1.54, 1.807) is 0 Å². The van der Waals surface area contributed by atoms with Gasteiger partial charge in [0.15, 0.2) is 0 Å². The first-order chi connectivity index (χ1) is 10.4. The Morgan fingerprint density at radius 2 is 1.52 bits per heavy atom. The lowest BCUT2D eigenvalue weighted by molar-refractivity contribution is -0.583. The quantitative estimate of drug-likeness (QED) is 0.572. The Labute approximate surface area is 136 Å². The molecule has 7 nitrogen and oxygen atoms in total. The van der Waals surface area contributed by atoms with Gasteiger partial charge in [-0.2, -0.15) is 0 Å². The highest BCUT2D eigenvalue weighted by Crippen LogP contribution is 2.39. The second-order valence-electron chi connectivity index (χ2n) is 7.39. The third-order valence-corrected chi connectivity index (χ3v) is 5.07. The molecular formula is C16H26N2O5. The number of hydrogen-bond acceptors (Lipinski definition) is 5. The van der Waals surface area contributed by atoms with Crippen molar-refractivity contribution in [3.8, 4) is 0 Å². The molecule has 23 heavy (non-hydrogen) atoms. The van der Waals surface area contributed by atoms with Gasteiger partial charge < -0.3 is 5.11 Å². The van der Waals surface area contributed by atoms with Gasteiger partial charge in [0.05, 0.1) is 0 Å². The van der Waals surface area contributed by atoms with Gasteiger partial charge in [-0.1, -0.05) is 31.2 Å². The van der Waals surface area contributed by atoms with Crippen molar-refractivity contribution in [3.63, 3.8) is 0 Å². The smallest absolute Gasteiger partial charge is 0.242 e. The molecule has 0 heterocycles. The normalized spacial score (nSPS) is 24.3. The monoisotopic (exact) mass is 326 g/mol. The lowest BCUT2D eigenvalue weighted by Gasteiger charge is -2.37. The van der Waals surface area contributed by atoms with E-state index < -0.39 is 28.0 Å². The maximum Gasteiger partial charge on any atom is 0.242 e. The van der Waals surface area contributed by atoms with Crippen molar-refractivity contribution in [3.05, 3.63) is 44.5 Å². The Morgan fingerprint density at radius 3 is 1.96 bits per heavy atom. The maximum absolute atomic E-state index is 11.5. The molecule has 0 fully saturated rings. The molecule has 4 unspecified atom stereocenters. The molecule has 130 valence electrons. The molecule has 0 radical (unpaired) electrons. The molecule has 0 aromatic carbocycles. The molecule has 7 heteroatoms. The lowest BCUT2D eigenvalue weighted by atomic mass is 9.68. The van der Waals surface area contributed by atoms with Crippen LogP contribution < -0.4 is 0 Å². The van der Waals surface area contributed by atoms with Crippen LogP contribution in [0.1, 0.15) is 41.0 Å². The summed E-state index contributed by atoms with van der Waals surface area (Å²) in [4.78, 5) is 21.8. The number of rotatable bonds is 7. The summed E-state index contributed by atoms with van der Waals surface area (Å²) in [6, 6.07) is 0. The number of nitro groups is 2. The van der Waals surface area contributed by atoms with Crippen LogP contribution in [0.5, 0.6) is 0 Å². The summed E-state index contributed by atoms with van der Waals surface area (Å²) < 4.78 is 0. The van der Waals surface area contributed by atoms with Crippen LogP contribution in [0.15, 0.2) is 24.3 Å². The third kappa shape index (κ3) is 3.96. The fourth-order valence-corrected chi connectivity index (χ4v) is 2.94. The summed E-state index contributed by atoms with van der Waals surface area (Å²) in [5.41, 5.74) is -2.86. The van der Waals surface area contributed by atoms with Crippen LogP contribution in [0, 0.1) is 38.0 Å². The van der Waals surface area contributed by atoms with Crippen LogP contribution in [-0.4, -0.2) is 32.1 Å². The van der Waals surface area contributed by atoms with Crippen molar-refractivity contribution >= 4 is 0 Å². The average molecular weight is 326 g/mol. The maximum atomic E-state index is 11.5. The summed E-state index contributed by atoms with van der Waals surface area (Å²) >= 11 is 0. The summed E-state index contributed by atoms with van der Waals surface area (Å²) in [6.07, 6.45) is 6.29. The van der Waals surface area contributed by atoms with Crippen LogP contribution in [0.3, 0.4) is 0 Å². The highest BCUT2D eigenvalue weighted by atomic mass is 16.6. The van der Waals surface area contributed by atoms with Gasteiger partial charge in [0.2, 0.25) is 11.1 Å². The van der Waals surface area contributed by atoms with E-state index in [4.69, 9.17) is 0 Å². The molecule has 0 aromatic heterocycles. The first-order valence-electron chi connectivity index (χ1n) is 7.74. The van der Waals surface area contributed by atoms with Crippen molar-refractivity contribution < 1.29 is 15.0 Å². The molecule has 0 spiro atoms. The van der Waals surface area contributed by atoms with Crippen LogP contribution in [-0.2, 0) is 0 Å². The van der Waals surface area contributed by atoms with Crippen molar-refractivity contribution in [2.24, 2.45) is 17.8 Å². The minimum Gasteiger partial charge on any atom is -0.386 e. The molecule has 4 atom stereocenters. The molecule has 0 aliphatic heterocycles. The minimum atomic E-state index is -1.55. The van der Waals surface area contributed by atoms with E-state index in [9.17, 15) is 25.3 Å². The minimum absolute atomic E-state index is 0.00481. The van der Waals surface area contributed by atoms with E-state index >= 15 is 0 Å². The van der Waals surface area contributed by atoms with Gasteiger partial charge in [0, 0.05) is 43.5 Å². The zero-order valence-corrected chi connectivity index (χ0v) is 14.3. The highest BCUT2D eigenvalue weighted by molar-refractivity contribution is 5.16. The molecule has 0 bridgehead atoms. The molecule has 0 saturated heterocycles. The van der Waals surface area contributed by atoms with Crippen LogP contribution in [0.2, 0.25) is 0 Å². The molecule has 1 rings (SSSR count). The summed E-state index contributed by atoms with van der Waals surface area (Å²) in [5.74, 6) is -0.615. The summed E-state index contributed by atoms with van der Waals surface area (Å²) in [5, 5.41) is 33.1. The van der Waals surface area contributed by atoms with Crippen molar-refractivity contribution in [2.75, 3.05) is 0 Å². The number of nitrogens with zero attached hydrogens (tertiary/aromatic N) is 2. The van der Waals surface area contributed by atoms with Gasteiger partial charge in [0.25, 0.3) is 0 Å². The Morgan fingerprint density at radius 1 is 1.04 bits per heavy atom. The highest BCUT2D eigenvalue weighted by Gasteiger charge is 2.50. The van der Waals surface area contributed by atoms with Gasteiger partial charge in [-0.15, -0.1) is 0 Å². The zero-order valence-electron chi connectivity index (χ0n) is 14.3. The molecule has 0 aromatic rings. The summed E-state index contributed by atoms with van der Waals surface area (Å²) in [7, 11) is 0. The predicted octanol–water partition coefficient (Wildman–Crippen LogP) is 2.84. The largest absolute Gasteiger partial charge is 0.386 e. The second kappa shape index (κ2) is 6.78. The Hall–Kier alpha value is -1.76. The SMILES string of the molecule is CC1C=CC=CC1C(CC(O)C(C)(C)[N+](=O)[O-])C(C)(C)[N+](=O)[O-]. The van der Waals surface area contributed by atoms with E-state index in [1.807, 2.05) is 31.2 Å². The number of allylic oxidation sites excluding steroid dienone is 4. The zero-order chi connectivity index (χ0) is 18.0. The summed E-state index contributed by atoms with van der Waals surface area (Å²) in [6.45, 7) is 7.67. The Kier molecular flexibility index (Phi) is 5.69. The van der Waals surface area contributed by atoms with Gasteiger partial charge in [-0.05, 0) is 18.3 Å². The molecule has 1 N–H and O–H groups in total. The molecule has 0 amide bonds. The average Bonchev–Trinajstić information content (AvgIpc) is 2.44. The van der Waals surface area contributed by atoms with Crippen molar-refractivity contribution in [1.82, 2.24) is 0 Å². The standard InChI is InChI=1S/C16H26N2O5/c1-11-8-6-7-9-12(11)13(15(2,3)17(20)21)10-14(19)16(4,5)18(22)23/h6-9,11-14,19H,10H2,1-5H3. The second-order valence-corrected chi connectivity index (χ2v) is 7.39. The van der Waals surface area contributed by atoms with E-state index in [-0.39, 0.29) is 23.2 Å². The first kappa shape index (κ1) is 19.3. The number of aliphatic hydroxyl groups excluding tert-OH is 1. The van der Waals surface area contributed by atoms with Crippen molar-refractivity contribution in [2.45, 2.75) is 58.2 Å². The molecular weight excluding hydrogens is 300 g/mol. The Bertz CT molecular complexity index is 525. The van der Waals surface area contributed by atoms with Gasteiger partial charge in [0.1, 0.15) is 6.10 Å². The van der Waals surface area contributed by atoms with Gasteiger partial charge >= 0.3 is 0 Å². The first-order valence-corrected chi connectivity index (χ1v) is 7.74. The van der Waals surface area contributed by atoms with Gasteiger partial charge in [-0.25, -0.2) is 0 Å². The fraction of sp³-hybridized carbons (Fsp3) is 0.750. The van der Waals surface area contributed by atoms with Crippen molar-refractivity contribution in [1.29, 1.82) is 0 Å². The topological polar surface area (TPSA) is 107 Å². The third-order valence-electron chi connectivity index (χ3n) is 5.07. The molecule has 1 aliphatic carbocycles. The van der Waals surface area contributed by atoms with Crippen LogP contribution >= 0.6 is 0 Å². The van der Waals surface area contributed by atoms with E-state index in [2.05, 4.69) is 0 Å².